The molecule has 0 radical (unpaired) electrons. The van der Waals surface area contributed by atoms with Crippen LogP contribution in [-0.2, 0) is 6.61 Å². The van der Waals surface area contributed by atoms with E-state index in [0.717, 1.165) is 11.1 Å². The maximum absolute atomic E-state index is 13.2. The van der Waals surface area contributed by atoms with Gasteiger partial charge in [-0.05, 0) is 35.4 Å². The van der Waals surface area contributed by atoms with E-state index in [1.165, 1.54) is 23.5 Å². The number of hydrogen-bond donors (Lipinski definition) is 0. The number of rotatable bonds is 4. The summed E-state index contributed by atoms with van der Waals surface area (Å²) in [6.07, 6.45) is 0. The molecule has 0 aliphatic heterocycles. The molecule has 120 valence electrons. The molecule has 3 rings (SSSR count). The van der Waals surface area contributed by atoms with Gasteiger partial charge >= 0.3 is 0 Å². The van der Waals surface area contributed by atoms with Crippen LogP contribution in [0.15, 0.2) is 47.8 Å². The Morgan fingerprint density at radius 3 is 2.67 bits per heavy atom. The van der Waals surface area contributed by atoms with E-state index < -0.39 is 0 Å². The predicted molar refractivity (Wildman–Crippen MR) is 95.2 cm³/mol. The van der Waals surface area contributed by atoms with Gasteiger partial charge in [0.15, 0.2) is 5.06 Å². The molecule has 0 aliphatic carbocycles. The van der Waals surface area contributed by atoms with E-state index in [0.29, 0.717) is 26.2 Å². The first-order chi connectivity index (χ1) is 11.6. The molecule has 0 saturated carbocycles. The molecule has 0 unspecified atom stereocenters. The standard InChI is InChI=1S/C18H10Cl2FNOS/c19-16-5-4-12(7-17(16)20)15-10-24-18(14(15)8-22)23-9-11-2-1-3-13(21)6-11/h1-7,10H,9H2. The van der Waals surface area contributed by atoms with Crippen molar-refractivity contribution in [1.29, 1.82) is 5.26 Å². The van der Waals surface area contributed by atoms with Gasteiger partial charge in [-0.3, -0.25) is 0 Å². The maximum atomic E-state index is 13.2. The summed E-state index contributed by atoms with van der Waals surface area (Å²) in [5.41, 5.74) is 2.64. The average molecular weight is 378 g/mol. The summed E-state index contributed by atoms with van der Waals surface area (Å²) in [5, 5.41) is 12.7. The lowest BCUT2D eigenvalue weighted by Gasteiger charge is -2.06. The molecule has 0 saturated heterocycles. The quantitative estimate of drug-likeness (QED) is 0.533. The highest BCUT2D eigenvalue weighted by Crippen LogP contribution is 2.38. The molecule has 0 atom stereocenters. The van der Waals surface area contributed by atoms with Gasteiger partial charge in [-0.15, -0.1) is 11.3 Å². The van der Waals surface area contributed by atoms with Crippen molar-refractivity contribution in [2.24, 2.45) is 0 Å². The Hall–Kier alpha value is -2.06. The highest BCUT2D eigenvalue weighted by molar-refractivity contribution is 7.12. The summed E-state index contributed by atoms with van der Waals surface area (Å²) in [4.78, 5) is 0. The molecule has 1 aromatic heterocycles. The minimum absolute atomic E-state index is 0.188. The van der Waals surface area contributed by atoms with E-state index >= 15 is 0 Å². The molecule has 2 aromatic carbocycles. The first-order valence-electron chi connectivity index (χ1n) is 6.92. The van der Waals surface area contributed by atoms with Crippen LogP contribution in [0.2, 0.25) is 10.0 Å². The van der Waals surface area contributed by atoms with Gasteiger partial charge in [0.05, 0.1) is 10.0 Å². The summed E-state index contributed by atoms with van der Waals surface area (Å²) in [6, 6.07) is 13.5. The fourth-order valence-electron chi connectivity index (χ4n) is 2.20. The zero-order valence-corrected chi connectivity index (χ0v) is 14.6. The Kier molecular flexibility index (Phi) is 5.06. The van der Waals surface area contributed by atoms with Crippen molar-refractivity contribution < 1.29 is 9.13 Å². The number of nitrogens with zero attached hydrogens (tertiary/aromatic N) is 1. The normalized spacial score (nSPS) is 10.4. The Morgan fingerprint density at radius 2 is 1.96 bits per heavy atom. The molecule has 0 fully saturated rings. The monoisotopic (exact) mass is 377 g/mol. The van der Waals surface area contributed by atoms with Crippen LogP contribution in [0, 0.1) is 17.1 Å². The third kappa shape index (κ3) is 3.54. The van der Waals surface area contributed by atoms with E-state index in [-0.39, 0.29) is 12.4 Å². The van der Waals surface area contributed by atoms with Gasteiger partial charge < -0.3 is 4.74 Å². The van der Waals surface area contributed by atoms with Crippen LogP contribution in [0.5, 0.6) is 5.06 Å². The zero-order valence-electron chi connectivity index (χ0n) is 12.2. The van der Waals surface area contributed by atoms with Crippen molar-refractivity contribution in [2.75, 3.05) is 0 Å². The third-order valence-electron chi connectivity index (χ3n) is 3.36. The van der Waals surface area contributed by atoms with Crippen molar-refractivity contribution in [2.45, 2.75) is 6.61 Å². The van der Waals surface area contributed by atoms with Gasteiger partial charge in [0.1, 0.15) is 24.1 Å². The SMILES string of the molecule is N#Cc1c(-c2ccc(Cl)c(Cl)c2)csc1OCc1cccc(F)c1. The number of benzene rings is 2. The molecule has 0 spiro atoms. The van der Waals surface area contributed by atoms with Crippen molar-refractivity contribution in [3.8, 4) is 22.3 Å². The smallest absolute Gasteiger partial charge is 0.192 e. The number of hydrogen-bond acceptors (Lipinski definition) is 3. The Bertz CT molecular complexity index is 933. The molecular formula is C18H10Cl2FNOS. The highest BCUT2D eigenvalue weighted by Gasteiger charge is 2.15. The van der Waals surface area contributed by atoms with Crippen molar-refractivity contribution >= 4 is 34.5 Å². The lowest BCUT2D eigenvalue weighted by molar-refractivity contribution is 0.314. The third-order valence-corrected chi connectivity index (χ3v) is 4.99. The van der Waals surface area contributed by atoms with E-state index in [1.807, 2.05) is 5.38 Å². The number of nitriles is 1. The molecule has 0 amide bonds. The second-order valence-corrected chi connectivity index (χ2v) is 6.63. The first-order valence-corrected chi connectivity index (χ1v) is 8.56. The van der Waals surface area contributed by atoms with Crippen LogP contribution in [0.25, 0.3) is 11.1 Å². The fraction of sp³-hybridized carbons (Fsp3) is 0.0556. The van der Waals surface area contributed by atoms with E-state index in [9.17, 15) is 9.65 Å². The van der Waals surface area contributed by atoms with Crippen LogP contribution in [0.1, 0.15) is 11.1 Å². The van der Waals surface area contributed by atoms with Crippen LogP contribution >= 0.6 is 34.5 Å². The molecule has 0 aliphatic rings. The summed E-state index contributed by atoms with van der Waals surface area (Å²) >= 11 is 13.3. The second-order valence-electron chi connectivity index (χ2n) is 4.97. The summed E-state index contributed by atoms with van der Waals surface area (Å²) in [7, 11) is 0. The van der Waals surface area contributed by atoms with Gasteiger partial charge in [-0.2, -0.15) is 5.26 Å². The van der Waals surface area contributed by atoms with Gasteiger partial charge in [0, 0.05) is 10.9 Å². The van der Waals surface area contributed by atoms with Gasteiger partial charge in [0.2, 0.25) is 0 Å². The lowest BCUT2D eigenvalue weighted by atomic mass is 10.1. The minimum Gasteiger partial charge on any atom is -0.478 e. The van der Waals surface area contributed by atoms with Crippen molar-refractivity contribution in [1.82, 2.24) is 0 Å². The Morgan fingerprint density at radius 1 is 1.12 bits per heavy atom. The van der Waals surface area contributed by atoms with Gasteiger partial charge in [0.25, 0.3) is 0 Å². The Balaban J connectivity index is 1.87. The van der Waals surface area contributed by atoms with Crippen molar-refractivity contribution in [3.63, 3.8) is 0 Å². The summed E-state index contributed by atoms with van der Waals surface area (Å²) in [6.45, 7) is 0.188. The van der Waals surface area contributed by atoms with Gasteiger partial charge in [-0.25, -0.2) is 4.39 Å². The second kappa shape index (κ2) is 7.23. The fourth-order valence-corrected chi connectivity index (χ4v) is 3.38. The highest BCUT2D eigenvalue weighted by atomic mass is 35.5. The largest absolute Gasteiger partial charge is 0.478 e. The van der Waals surface area contributed by atoms with Crippen molar-refractivity contribution in [3.05, 3.63) is 74.8 Å². The molecule has 3 aromatic rings. The number of thiophene rings is 1. The maximum Gasteiger partial charge on any atom is 0.192 e. The molecule has 0 N–H and O–H groups in total. The molecule has 1 heterocycles. The number of halogens is 3. The van der Waals surface area contributed by atoms with Crippen LogP contribution in [0.3, 0.4) is 0 Å². The molecule has 2 nitrogen and oxygen atoms in total. The summed E-state index contributed by atoms with van der Waals surface area (Å²) in [5.74, 6) is -0.320. The topological polar surface area (TPSA) is 33.0 Å². The molecule has 0 bridgehead atoms. The number of ether oxygens (including phenoxy) is 1. The van der Waals surface area contributed by atoms with E-state index in [4.69, 9.17) is 27.9 Å². The lowest BCUT2D eigenvalue weighted by Crippen LogP contribution is -1.96. The molecular weight excluding hydrogens is 368 g/mol. The molecule has 24 heavy (non-hydrogen) atoms. The summed E-state index contributed by atoms with van der Waals surface area (Å²) < 4.78 is 18.9. The van der Waals surface area contributed by atoms with Gasteiger partial charge in [-0.1, -0.05) is 41.4 Å². The van der Waals surface area contributed by atoms with Crippen LogP contribution < -0.4 is 4.74 Å². The van der Waals surface area contributed by atoms with E-state index in [1.54, 1.807) is 30.3 Å². The van der Waals surface area contributed by atoms with Crippen LogP contribution in [-0.4, -0.2) is 0 Å². The van der Waals surface area contributed by atoms with E-state index in [2.05, 4.69) is 6.07 Å². The average Bonchev–Trinajstić information content (AvgIpc) is 2.98. The molecule has 6 heteroatoms. The predicted octanol–water partition coefficient (Wildman–Crippen LogP) is 6.31. The zero-order chi connectivity index (χ0) is 17.1. The first kappa shape index (κ1) is 16.8. The minimum atomic E-state index is -0.320. The van der Waals surface area contributed by atoms with Crippen LogP contribution in [0.4, 0.5) is 4.39 Å². The Labute approximate surface area is 152 Å².